The summed E-state index contributed by atoms with van der Waals surface area (Å²) in [6, 6.07) is 7.41. The second-order valence-electron chi connectivity index (χ2n) is 4.01. The zero-order valence-electron chi connectivity index (χ0n) is 10.2. The fourth-order valence-electron chi connectivity index (χ4n) is 1.59. The zero-order chi connectivity index (χ0) is 14.7. The predicted molar refractivity (Wildman–Crippen MR) is 73.0 cm³/mol. The standard InChI is InChI=1S/C14H10F3NOS/c15-10-2-1-3-11(16)13(10)19-7-9-5-4-8(14(18)20)6-12(9)17/h1-6H,7H2,(H2,18,20). The van der Waals surface area contributed by atoms with Gasteiger partial charge in [-0.25, -0.2) is 13.2 Å². The van der Waals surface area contributed by atoms with Crippen LogP contribution >= 0.6 is 12.2 Å². The normalized spacial score (nSPS) is 10.3. The number of para-hydroxylation sites is 1. The number of rotatable bonds is 4. The van der Waals surface area contributed by atoms with Crippen molar-refractivity contribution in [2.45, 2.75) is 6.61 Å². The number of nitrogens with two attached hydrogens (primary N) is 1. The van der Waals surface area contributed by atoms with E-state index in [4.69, 9.17) is 22.7 Å². The summed E-state index contributed by atoms with van der Waals surface area (Å²) in [6.07, 6.45) is 0. The van der Waals surface area contributed by atoms with E-state index in [9.17, 15) is 13.2 Å². The molecule has 0 amide bonds. The Labute approximate surface area is 119 Å². The number of hydrogen-bond donors (Lipinski definition) is 1. The van der Waals surface area contributed by atoms with Gasteiger partial charge in [-0.1, -0.05) is 30.4 Å². The number of hydrogen-bond acceptors (Lipinski definition) is 2. The number of halogens is 3. The molecule has 6 heteroatoms. The Kier molecular flexibility index (Phi) is 4.24. The van der Waals surface area contributed by atoms with Gasteiger partial charge in [0.05, 0.1) is 0 Å². The van der Waals surface area contributed by atoms with E-state index >= 15 is 0 Å². The Morgan fingerprint density at radius 1 is 1.05 bits per heavy atom. The highest BCUT2D eigenvalue weighted by atomic mass is 32.1. The van der Waals surface area contributed by atoms with Crippen LogP contribution in [0.5, 0.6) is 5.75 Å². The van der Waals surface area contributed by atoms with Crippen molar-refractivity contribution in [3.05, 3.63) is 65.0 Å². The van der Waals surface area contributed by atoms with Gasteiger partial charge in [-0.2, -0.15) is 0 Å². The summed E-state index contributed by atoms with van der Waals surface area (Å²) in [4.78, 5) is 0.0662. The lowest BCUT2D eigenvalue weighted by atomic mass is 10.1. The lowest BCUT2D eigenvalue weighted by Gasteiger charge is -2.09. The largest absolute Gasteiger partial charge is 0.483 e. The highest BCUT2D eigenvalue weighted by molar-refractivity contribution is 7.80. The summed E-state index contributed by atoms with van der Waals surface area (Å²) in [5.74, 6) is -2.83. The van der Waals surface area contributed by atoms with Crippen molar-refractivity contribution in [3.63, 3.8) is 0 Å². The summed E-state index contributed by atoms with van der Waals surface area (Å²) < 4.78 is 45.4. The van der Waals surface area contributed by atoms with E-state index in [1.54, 1.807) is 0 Å². The van der Waals surface area contributed by atoms with Gasteiger partial charge in [-0.05, 0) is 18.2 Å². The van der Waals surface area contributed by atoms with E-state index in [1.165, 1.54) is 18.2 Å². The topological polar surface area (TPSA) is 35.2 Å². The Balaban J connectivity index is 2.17. The van der Waals surface area contributed by atoms with Gasteiger partial charge in [0.1, 0.15) is 17.4 Å². The molecule has 0 bridgehead atoms. The number of benzene rings is 2. The highest BCUT2D eigenvalue weighted by Crippen LogP contribution is 2.22. The molecule has 2 rings (SSSR count). The van der Waals surface area contributed by atoms with Crippen molar-refractivity contribution in [3.8, 4) is 5.75 Å². The lowest BCUT2D eigenvalue weighted by Crippen LogP contribution is -2.10. The molecule has 0 radical (unpaired) electrons. The fourth-order valence-corrected chi connectivity index (χ4v) is 1.71. The molecule has 104 valence electrons. The van der Waals surface area contributed by atoms with Gasteiger partial charge in [0, 0.05) is 11.1 Å². The molecular weight excluding hydrogens is 287 g/mol. The van der Waals surface area contributed by atoms with Crippen molar-refractivity contribution in [1.82, 2.24) is 0 Å². The van der Waals surface area contributed by atoms with Gasteiger partial charge in [0.25, 0.3) is 0 Å². The van der Waals surface area contributed by atoms with Gasteiger partial charge in [0.2, 0.25) is 0 Å². The maximum atomic E-state index is 13.7. The van der Waals surface area contributed by atoms with Crippen LogP contribution in [0.1, 0.15) is 11.1 Å². The lowest BCUT2D eigenvalue weighted by molar-refractivity contribution is 0.269. The summed E-state index contributed by atoms with van der Waals surface area (Å²) in [7, 11) is 0. The summed E-state index contributed by atoms with van der Waals surface area (Å²) in [5.41, 5.74) is 5.89. The predicted octanol–water partition coefficient (Wildman–Crippen LogP) is 3.32. The molecule has 0 aliphatic carbocycles. The van der Waals surface area contributed by atoms with Gasteiger partial charge >= 0.3 is 0 Å². The van der Waals surface area contributed by atoms with E-state index in [0.717, 1.165) is 18.2 Å². The molecule has 2 aromatic rings. The summed E-state index contributed by atoms with van der Waals surface area (Å²) in [5, 5.41) is 0. The van der Waals surface area contributed by atoms with Crippen LogP contribution in [0, 0.1) is 17.5 Å². The first-order chi connectivity index (χ1) is 9.49. The molecule has 20 heavy (non-hydrogen) atoms. The third kappa shape index (κ3) is 3.08. The fraction of sp³-hybridized carbons (Fsp3) is 0.0714. The van der Waals surface area contributed by atoms with Crippen molar-refractivity contribution in [2.75, 3.05) is 0 Å². The Hall–Kier alpha value is -2.08. The molecular formula is C14H10F3NOS. The minimum Gasteiger partial charge on any atom is -0.483 e. The van der Waals surface area contributed by atoms with E-state index in [-0.39, 0.29) is 17.2 Å². The molecule has 0 atom stereocenters. The van der Waals surface area contributed by atoms with Crippen LogP contribution < -0.4 is 10.5 Å². The van der Waals surface area contributed by atoms with Crippen LogP contribution in [0.2, 0.25) is 0 Å². The molecule has 0 saturated heterocycles. The van der Waals surface area contributed by atoms with Crippen LogP contribution in [0.25, 0.3) is 0 Å². The Morgan fingerprint density at radius 2 is 1.70 bits per heavy atom. The summed E-state index contributed by atoms with van der Waals surface area (Å²) in [6.45, 7) is -0.304. The third-order valence-electron chi connectivity index (χ3n) is 2.63. The van der Waals surface area contributed by atoms with Crippen LogP contribution in [-0.2, 0) is 6.61 Å². The molecule has 2 aromatic carbocycles. The van der Waals surface area contributed by atoms with Gasteiger partial charge in [0.15, 0.2) is 17.4 Å². The molecule has 2 nitrogen and oxygen atoms in total. The minimum atomic E-state index is -0.842. The molecule has 0 spiro atoms. The Bertz CT molecular complexity index is 641. The number of thiocarbonyl (C=S) groups is 1. The first kappa shape index (κ1) is 14.3. The second kappa shape index (κ2) is 5.92. The average molecular weight is 297 g/mol. The third-order valence-corrected chi connectivity index (χ3v) is 2.86. The average Bonchev–Trinajstić information content (AvgIpc) is 2.39. The summed E-state index contributed by atoms with van der Waals surface area (Å²) >= 11 is 4.72. The molecule has 0 aliphatic heterocycles. The van der Waals surface area contributed by atoms with E-state index in [1.807, 2.05) is 0 Å². The van der Waals surface area contributed by atoms with Gasteiger partial charge < -0.3 is 10.5 Å². The van der Waals surface area contributed by atoms with Crippen molar-refractivity contribution in [2.24, 2.45) is 5.73 Å². The van der Waals surface area contributed by atoms with Crippen molar-refractivity contribution >= 4 is 17.2 Å². The molecule has 0 fully saturated rings. The van der Waals surface area contributed by atoms with Crippen molar-refractivity contribution < 1.29 is 17.9 Å². The van der Waals surface area contributed by atoms with Crippen molar-refractivity contribution in [1.29, 1.82) is 0 Å². The van der Waals surface area contributed by atoms with Crippen LogP contribution in [0.3, 0.4) is 0 Å². The SMILES string of the molecule is NC(=S)c1ccc(COc2c(F)cccc2F)c(F)c1. The molecule has 0 aliphatic rings. The van der Waals surface area contributed by atoms with E-state index in [2.05, 4.69) is 0 Å². The van der Waals surface area contributed by atoms with Gasteiger partial charge in [-0.3, -0.25) is 0 Å². The molecule has 0 heterocycles. The first-order valence-corrected chi connectivity index (χ1v) is 6.05. The van der Waals surface area contributed by atoms with Gasteiger partial charge in [-0.15, -0.1) is 0 Å². The second-order valence-corrected chi connectivity index (χ2v) is 4.45. The van der Waals surface area contributed by atoms with Crippen LogP contribution in [-0.4, -0.2) is 4.99 Å². The van der Waals surface area contributed by atoms with Crippen LogP contribution in [0.15, 0.2) is 36.4 Å². The maximum absolute atomic E-state index is 13.7. The molecule has 0 saturated carbocycles. The van der Waals surface area contributed by atoms with E-state index < -0.39 is 23.2 Å². The Morgan fingerprint density at radius 3 is 2.25 bits per heavy atom. The quantitative estimate of drug-likeness (QED) is 0.879. The monoisotopic (exact) mass is 297 g/mol. The molecule has 2 N–H and O–H groups in total. The number of ether oxygens (including phenoxy) is 1. The molecule has 0 aromatic heterocycles. The first-order valence-electron chi connectivity index (χ1n) is 5.64. The van der Waals surface area contributed by atoms with E-state index in [0.29, 0.717) is 5.56 Å². The zero-order valence-corrected chi connectivity index (χ0v) is 11.0. The van der Waals surface area contributed by atoms with Crippen LogP contribution in [0.4, 0.5) is 13.2 Å². The highest BCUT2D eigenvalue weighted by Gasteiger charge is 2.11. The minimum absolute atomic E-state index is 0.0662. The molecule has 0 unspecified atom stereocenters. The smallest absolute Gasteiger partial charge is 0.191 e. The maximum Gasteiger partial charge on any atom is 0.191 e.